The lowest BCUT2D eigenvalue weighted by Gasteiger charge is -2.08. The van der Waals surface area contributed by atoms with Crippen LogP contribution in [0.4, 0.5) is 19.0 Å². The first-order valence-corrected chi connectivity index (χ1v) is 11.9. The molecule has 0 spiro atoms. The van der Waals surface area contributed by atoms with Gasteiger partial charge >= 0.3 is 7.82 Å². The van der Waals surface area contributed by atoms with Crippen LogP contribution in [0.1, 0.15) is 16.8 Å². The van der Waals surface area contributed by atoms with Crippen molar-refractivity contribution in [3.63, 3.8) is 0 Å². The lowest BCUT2D eigenvalue weighted by atomic mass is 10.1. The first-order chi connectivity index (χ1) is 17.1. The largest absolute Gasteiger partial charge is 0.486 e. The van der Waals surface area contributed by atoms with Crippen LogP contribution >= 0.6 is 7.82 Å². The van der Waals surface area contributed by atoms with Gasteiger partial charge in [-0.25, -0.2) is 22.4 Å². The van der Waals surface area contributed by atoms with Crippen molar-refractivity contribution in [2.24, 2.45) is 0 Å². The molecule has 0 unspecified atom stereocenters. The van der Waals surface area contributed by atoms with Crippen molar-refractivity contribution < 1.29 is 45.9 Å². The molecule has 0 radical (unpaired) electrons. The Labute approximate surface area is 202 Å². The summed E-state index contributed by atoms with van der Waals surface area (Å²) in [6.07, 6.45) is 1.90. The molecular formula is C23H20F3N3O6P+. The number of phosphoric ester groups is 1. The highest BCUT2D eigenvalue weighted by Crippen LogP contribution is 2.35. The van der Waals surface area contributed by atoms with Gasteiger partial charge < -0.3 is 19.0 Å². The van der Waals surface area contributed by atoms with Crippen LogP contribution in [-0.2, 0) is 28.8 Å². The second-order valence-electron chi connectivity index (χ2n) is 7.69. The van der Waals surface area contributed by atoms with Gasteiger partial charge in [0.15, 0.2) is 17.3 Å². The second-order valence-corrected chi connectivity index (χ2v) is 8.93. The van der Waals surface area contributed by atoms with Gasteiger partial charge in [-0.05, 0) is 23.3 Å². The third-order valence-electron chi connectivity index (χ3n) is 5.07. The predicted octanol–water partition coefficient (Wildman–Crippen LogP) is 3.87. The van der Waals surface area contributed by atoms with Crippen molar-refractivity contribution in [2.45, 2.75) is 19.8 Å². The topological polar surface area (TPSA) is 132 Å². The number of pyridine rings is 1. The van der Waals surface area contributed by atoms with E-state index in [1.165, 1.54) is 10.8 Å². The fraction of sp³-hybridized carbons (Fsp3) is 0.130. The summed E-state index contributed by atoms with van der Waals surface area (Å²) < 4.78 is 67.6. The van der Waals surface area contributed by atoms with Crippen LogP contribution in [0.3, 0.4) is 0 Å². The summed E-state index contributed by atoms with van der Waals surface area (Å²) in [4.78, 5) is 17.8. The zero-order valence-electron chi connectivity index (χ0n) is 18.5. The molecule has 188 valence electrons. The third-order valence-corrected chi connectivity index (χ3v) is 5.52. The predicted molar refractivity (Wildman–Crippen MR) is 120 cm³/mol. The summed E-state index contributed by atoms with van der Waals surface area (Å²) in [5.74, 6) is -3.52. The van der Waals surface area contributed by atoms with E-state index < -0.39 is 37.8 Å². The van der Waals surface area contributed by atoms with E-state index >= 15 is 0 Å². The highest BCUT2D eigenvalue weighted by Gasteiger charge is 2.21. The standard InChI is InChI=1S/C23H19F3N3O6P/c24-16-9-19(25)22(26)21(10-16)33-12-15-5-3-14(4-6-15)8-17-11-20(35-28-17)18-2-1-7-29(23(18)27)13-34-36(30,31)32/h1-7,9-11,27H,8,12-13H2,(H2,30,31,32)/p+1. The van der Waals surface area contributed by atoms with Crippen LogP contribution in [0.5, 0.6) is 5.75 Å². The monoisotopic (exact) mass is 522 g/mol. The highest BCUT2D eigenvalue weighted by atomic mass is 31.2. The number of ether oxygens (including phenoxy) is 1. The highest BCUT2D eigenvalue weighted by molar-refractivity contribution is 7.46. The van der Waals surface area contributed by atoms with Gasteiger partial charge in [-0.3, -0.25) is 5.73 Å². The Hall–Kier alpha value is -3.70. The molecule has 0 aliphatic rings. The van der Waals surface area contributed by atoms with Crippen LogP contribution in [-0.4, -0.2) is 14.9 Å². The molecule has 0 aliphatic heterocycles. The first kappa shape index (κ1) is 25.4. The number of halogens is 3. The quantitative estimate of drug-likeness (QED) is 0.172. The summed E-state index contributed by atoms with van der Waals surface area (Å²) in [5.41, 5.74) is 8.66. The third kappa shape index (κ3) is 6.29. The molecule has 4 rings (SSSR count). The van der Waals surface area contributed by atoms with Crippen molar-refractivity contribution in [2.75, 3.05) is 5.73 Å². The molecule has 2 heterocycles. The number of anilines is 1. The van der Waals surface area contributed by atoms with Crippen LogP contribution in [0, 0.1) is 17.5 Å². The van der Waals surface area contributed by atoms with Gasteiger partial charge in [-0.2, -0.15) is 4.39 Å². The van der Waals surface area contributed by atoms with Crippen molar-refractivity contribution in [1.29, 1.82) is 0 Å². The van der Waals surface area contributed by atoms with E-state index in [0.717, 1.165) is 11.6 Å². The number of phosphoric acid groups is 1. The minimum atomic E-state index is -4.67. The summed E-state index contributed by atoms with van der Waals surface area (Å²) >= 11 is 0. The van der Waals surface area contributed by atoms with Gasteiger partial charge in [-0.15, -0.1) is 0 Å². The van der Waals surface area contributed by atoms with E-state index in [0.29, 0.717) is 35.1 Å². The molecule has 4 aromatic rings. The van der Waals surface area contributed by atoms with Crippen LogP contribution in [0.25, 0.3) is 11.3 Å². The van der Waals surface area contributed by atoms with Gasteiger partial charge in [0.2, 0.25) is 12.5 Å². The molecule has 2 aromatic carbocycles. The van der Waals surface area contributed by atoms with Crippen molar-refractivity contribution in [3.05, 3.63) is 95.1 Å². The van der Waals surface area contributed by atoms with E-state index in [2.05, 4.69) is 9.68 Å². The molecule has 0 bridgehead atoms. The average Bonchev–Trinajstić information content (AvgIpc) is 3.28. The van der Waals surface area contributed by atoms with Crippen LogP contribution in [0.15, 0.2) is 65.3 Å². The number of nitrogens with zero attached hydrogens (tertiary/aromatic N) is 2. The van der Waals surface area contributed by atoms with Crippen molar-refractivity contribution >= 4 is 13.6 Å². The lowest BCUT2D eigenvalue weighted by molar-refractivity contribution is -0.711. The van der Waals surface area contributed by atoms with Gasteiger partial charge in [0.05, 0.1) is 11.9 Å². The molecule has 2 aromatic heterocycles. The summed E-state index contributed by atoms with van der Waals surface area (Å²) in [5, 5.41) is 4.04. The number of hydrogen-bond donors (Lipinski definition) is 3. The molecule has 36 heavy (non-hydrogen) atoms. The smallest absolute Gasteiger partial charge is 0.472 e. The average molecular weight is 522 g/mol. The van der Waals surface area contributed by atoms with Gasteiger partial charge in [0.1, 0.15) is 18.0 Å². The summed E-state index contributed by atoms with van der Waals surface area (Å²) in [6, 6.07) is 13.2. The normalized spacial score (nSPS) is 11.6. The molecule has 0 aliphatic carbocycles. The molecule has 0 saturated heterocycles. The molecule has 0 saturated carbocycles. The van der Waals surface area contributed by atoms with E-state index in [9.17, 15) is 17.7 Å². The maximum absolute atomic E-state index is 13.7. The van der Waals surface area contributed by atoms with E-state index in [-0.39, 0.29) is 12.4 Å². The maximum atomic E-state index is 13.7. The Morgan fingerprint density at radius 2 is 1.78 bits per heavy atom. The lowest BCUT2D eigenvalue weighted by Crippen LogP contribution is -2.38. The fourth-order valence-electron chi connectivity index (χ4n) is 3.30. The first-order valence-electron chi connectivity index (χ1n) is 10.4. The number of nitrogens with two attached hydrogens (primary N) is 1. The van der Waals surface area contributed by atoms with Crippen LogP contribution < -0.4 is 15.0 Å². The Morgan fingerprint density at radius 1 is 1.06 bits per heavy atom. The van der Waals surface area contributed by atoms with Gasteiger partial charge in [0, 0.05) is 24.6 Å². The number of rotatable bonds is 9. The number of benzene rings is 2. The molecule has 0 amide bonds. The van der Waals surface area contributed by atoms with E-state index in [1.807, 2.05) is 0 Å². The Bertz CT molecular complexity index is 1430. The molecule has 9 nitrogen and oxygen atoms in total. The SMILES string of the molecule is Nc1c(-c2cc(Cc3ccc(COc4cc(F)cc(F)c4F)cc3)no2)ccc[n+]1COP(=O)(O)O. The van der Waals surface area contributed by atoms with Gasteiger partial charge in [-0.1, -0.05) is 29.4 Å². The number of hydrogen-bond acceptors (Lipinski definition) is 6. The summed E-state index contributed by atoms with van der Waals surface area (Å²) in [6.45, 7) is -0.547. The van der Waals surface area contributed by atoms with Gasteiger partial charge in [0.25, 0.3) is 5.82 Å². The number of aromatic nitrogens is 2. The summed E-state index contributed by atoms with van der Waals surface area (Å²) in [7, 11) is -4.67. The molecule has 0 atom stereocenters. The Balaban J connectivity index is 1.40. The minimum absolute atomic E-state index is 0.0901. The molecule has 13 heteroatoms. The van der Waals surface area contributed by atoms with Crippen LogP contribution in [0.2, 0.25) is 0 Å². The maximum Gasteiger partial charge on any atom is 0.472 e. The Morgan fingerprint density at radius 3 is 2.50 bits per heavy atom. The second kappa shape index (κ2) is 10.5. The van der Waals surface area contributed by atoms with E-state index in [1.54, 1.807) is 42.5 Å². The number of nitrogen functional groups attached to an aromatic ring is 1. The molecule has 0 fully saturated rings. The zero-order valence-corrected chi connectivity index (χ0v) is 19.4. The van der Waals surface area contributed by atoms with Crippen molar-refractivity contribution in [1.82, 2.24) is 5.16 Å². The van der Waals surface area contributed by atoms with E-state index in [4.69, 9.17) is 24.8 Å². The molecule has 4 N–H and O–H groups in total. The minimum Gasteiger partial charge on any atom is -0.486 e. The zero-order chi connectivity index (χ0) is 25.9. The van der Waals surface area contributed by atoms with Crippen molar-refractivity contribution in [3.8, 4) is 17.1 Å². The Kier molecular flexibility index (Phi) is 7.41. The fourth-order valence-corrected chi connectivity index (χ4v) is 3.58. The molecular weight excluding hydrogens is 502 g/mol.